The van der Waals surface area contributed by atoms with Gasteiger partial charge in [-0.3, -0.25) is 15.0 Å². The molecule has 128 valence electrons. The molecule has 0 fully saturated rings. The van der Waals surface area contributed by atoms with E-state index in [9.17, 15) is 22.4 Å². The summed E-state index contributed by atoms with van der Waals surface area (Å²) in [6.07, 6.45) is -4.60. The lowest BCUT2D eigenvalue weighted by atomic mass is 10.1. The summed E-state index contributed by atoms with van der Waals surface area (Å²) in [5.74, 6) is -0.469. The molecule has 0 radical (unpaired) electrons. The van der Waals surface area contributed by atoms with Gasteiger partial charge in [-0.1, -0.05) is 12.1 Å². The molecule has 2 N–H and O–H groups in total. The van der Waals surface area contributed by atoms with Gasteiger partial charge in [-0.2, -0.15) is 13.2 Å². The fourth-order valence-electron chi connectivity index (χ4n) is 2.18. The van der Waals surface area contributed by atoms with E-state index in [0.29, 0.717) is 5.56 Å². The van der Waals surface area contributed by atoms with Gasteiger partial charge in [-0.25, -0.2) is 4.39 Å². The van der Waals surface area contributed by atoms with Crippen molar-refractivity contribution < 1.29 is 17.6 Å². The van der Waals surface area contributed by atoms with E-state index in [-0.39, 0.29) is 11.4 Å². The molecule has 1 aromatic heterocycles. The van der Waals surface area contributed by atoms with Crippen molar-refractivity contribution in [2.75, 3.05) is 0 Å². The van der Waals surface area contributed by atoms with Crippen LogP contribution in [0.4, 0.5) is 28.9 Å². The Kier molecular flexibility index (Phi) is 4.22. The van der Waals surface area contributed by atoms with Crippen LogP contribution in [0.3, 0.4) is 0 Å². The maximum absolute atomic E-state index is 13.0. The zero-order valence-corrected chi connectivity index (χ0v) is 12.4. The smallest absolute Gasteiger partial charge is 0.295 e. The summed E-state index contributed by atoms with van der Waals surface area (Å²) in [6.45, 7) is 0. The Hall–Kier alpha value is -3.23. The maximum atomic E-state index is 13.0. The summed E-state index contributed by atoms with van der Waals surface area (Å²) in [4.78, 5) is 11.8. The molecule has 0 amide bonds. The van der Waals surface area contributed by atoms with Gasteiger partial charge in [0.1, 0.15) is 5.82 Å². The monoisotopic (exact) mass is 350 g/mol. The highest BCUT2D eigenvalue weighted by atomic mass is 19.4. The van der Waals surface area contributed by atoms with Crippen molar-refractivity contribution in [3.8, 4) is 11.3 Å². The van der Waals surface area contributed by atoms with Gasteiger partial charge in [-0.15, -0.1) is 10.2 Å². The number of hydrogen-bond acceptors (Lipinski definition) is 3. The predicted octanol–water partition coefficient (Wildman–Crippen LogP) is 4.94. The van der Waals surface area contributed by atoms with Crippen molar-refractivity contribution in [2.45, 2.75) is 6.18 Å². The van der Waals surface area contributed by atoms with Crippen molar-refractivity contribution in [3.05, 3.63) is 70.3 Å². The van der Waals surface area contributed by atoms with E-state index in [2.05, 4.69) is 20.4 Å². The summed E-state index contributed by atoms with van der Waals surface area (Å²) in [5, 5.41) is 12.1. The molecular weight excluding hydrogens is 340 g/mol. The van der Waals surface area contributed by atoms with Gasteiger partial charge in [0.2, 0.25) is 0 Å². The molecule has 3 aromatic rings. The van der Waals surface area contributed by atoms with Gasteiger partial charge < -0.3 is 0 Å². The largest absolute Gasteiger partial charge is 0.418 e. The molecule has 0 saturated heterocycles. The number of alkyl halides is 3. The zero-order chi connectivity index (χ0) is 18.0. The lowest BCUT2D eigenvalue weighted by molar-refractivity contribution is -0.137. The van der Waals surface area contributed by atoms with E-state index in [1.165, 1.54) is 36.4 Å². The molecular formula is C16H10F4N4O. The summed E-state index contributed by atoms with van der Waals surface area (Å²) >= 11 is 0. The Labute approximate surface area is 138 Å². The Morgan fingerprint density at radius 3 is 2.24 bits per heavy atom. The number of halogens is 4. The average molecular weight is 350 g/mol. The van der Waals surface area contributed by atoms with E-state index >= 15 is 0 Å². The van der Waals surface area contributed by atoms with Crippen molar-refractivity contribution in [2.24, 2.45) is 10.2 Å². The number of benzene rings is 2. The minimum atomic E-state index is -4.60. The standard InChI is InChI=1S/C16H10F4N4O/c17-10-7-5-9(6-8-10)13-14(15(25)24-22-13)23-21-12-4-2-1-3-11(12)16(18,19)20/h1-8H,(H2,22,24,25). The van der Waals surface area contributed by atoms with Crippen LogP contribution in [0.15, 0.2) is 63.6 Å². The van der Waals surface area contributed by atoms with Gasteiger partial charge in [0.25, 0.3) is 5.56 Å². The molecule has 0 aliphatic rings. The van der Waals surface area contributed by atoms with Gasteiger partial charge in [0, 0.05) is 5.56 Å². The van der Waals surface area contributed by atoms with E-state index in [1.54, 1.807) is 0 Å². The van der Waals surface area contributed by atoms with Gasteiger partial charge in [-0.05, 0) is 36.4 Å². The minimum absolute atomic E-state index is 0.193. The topological polar surface area (TPSA) is 73.4 Å². The molecule has 0 bridgehead atoms. The van der Waals surface area contributed by atoms with E-state index in [1.807, 2.05) is 0 Å². The van der Waals surface area contributed by atoms with Gasteiger partial charge in [0.05, 0.1) is 16.9 Å². The first-order valence-electron chi connectivity index (χ1n) is 7.01. The van der Waals surface area contributed by atoms with Crippen LogP contribution in [0.25, 0.3) is 11.3 Å². The van der Waals surface area contributed by atoms with Crippen LogP contribution in [0.2, 0.25) is 0 Å². The van der Waals surface area contributed by atoms with E-state index in [4.69, 9.17) is 0 Å². The lowest BCUT2D eigenvalue weighted by Crippen LogP contribution is -2.04. The van der Waals surface area contributed by atoms with E-state index in [0.717, 1.165) is 12.1 Å². The van der Waals surface area contributed by atoms with E-state index < -0.39 is 28.8 Å². The first kappa shape index (κ1) is 16.6. The number of azo groups is 1. The molecule has 0 saturated carbocycles. The Balaban J connectivity index is 2.03. The molecule has 2 aromatic carbocycles. The second-order valence-electron chi connectivity index (χ2n) is 5.02. The molecule has 0 aliphatic carbocycles. The van der Waals surface area contributed by atoms with Crippen LogP contribution in [0.1, 0.15) is 5.56 Å². The molecule has 0 spiro atoms. The molecule has 1 heterocycles. The number of aromatic nitrogens is 2. The third kappa shape index (κ3) is 3.49. The summed E-state index contributed by atoms with van der Waals surface area (Å²) in [7, 11) is 0. The molecule has 3 rings (SSSR count). The quantitative estimate of drug-likeness (QED) is 0.509. The Morgan fingerprint density at radius 1 is 0.880 bits per heavy atom. The van der Waals surface area contributed by atoms with Crippen molar-refractivity contribution in [1.29, 1.82) is 0 Å². The third-order valence-corrected chi connectivity index (χ3v) is 3.35. The first-order valence-corrected chi connectivity index (χ1v) is 7.01. The highest BCUT2D eigenvalue weighted by molar-refractivity contribution is 5.71. The number of rotatable bonds is 3. The highest BCUT2D eigenvalue weighted by Crippen LogP contribution is 2.37. The van der Waals surface area contributed by atoms with Crippen LogP contribution in [0, 0.1) is 5.82 Å². The summed E-state index contributed by atoms with van der Waals surface area (Å²) in [5.41, 5.74) is -1.62. The molecule has 0 unspecified atom stereocenters. The second-order valence-corrected chi connectivity index (χ2v) is 5.02. The first-order chi connectivity index (χ1) is 11.9. The number of H-pyrrole nitrogens is 2. The van der Waals surface area contributed by atoms with Crippen LogP contribution >= 0.6 is 0 Å². The average Bonchev–Trinajstić information content (AvgIpc) is 2.94. The van der Waals surface area contributed by atoms with Crippen molar-refractivity contribution >= 4 is 11.4 Å². The fourth-order valence-corrected chi connectivity index (χ4v) is 2.18. The number of aromatic amines is 2. The Morgan fingerprint density at radius 2 is 1.56 bits per heavy atom. The number of nitrogens with zero attached hydrogens (tertiary/aromatic N) is 2. The van der Waals surface area contributed by atoms with Crippen LogP contribution in [0.5, 0.6) is 0 Å². The highest BCUT2D eigenvalue weighted by Gasteiger charge is 2.33. The Bertz CT molecular complexity index is 971. The van der Waals surface area contributed by atoms with Crippen LogP contribution < -0.4 is 5.56 Å². The normalized spacial score (nSPS) is 12.0. The minimum Gasteiger partial charge on any atom is -0.295 e. The summed E-state index contributed by atoms with van der Waals surface area (Å²) < 4.78 is 51.9. The molecule has 0 atom stereocenters. The zero-order valence-electron chi connectivity index (χ0n) is 12.4. The number of hydrogen-bond donors (Lipinski definition) is 2. The molecule has 25 heavy (non-hydrogen) atoms. The molecule has 9 heteroatoms. The third-order valence-electron chi connectivity index (χ3n) is 3.35. The predicted molar refractivity (Wildman–Crippen MR) is 82.4 cm³/mol. The SMILES string of the molecule is O=c1[nH][nH]c(-c2ccc(F)cc2)c1N=Nc1ccccc1C(F)(F)F. The molecule has 5 nitrogen and oxygen atoms in total. The summed E-state index contributed by atoms with van der Waals surface area (Å²) in [6, 6.07) is 9.79. The second kappa shape index (κ2) is 6.34. The van der Waals surface area contributed by atoms with Crippen molar-refractivity contribution in [3.63, 3.8) is 0 Å². The maximum Gasteiger partial charge on any atom is 0.418 e. The molecule has 0 aliphatic heterocycles. The van der Waals surface area contributed by atoms with Gasteiger partial charge in [0.15, 0.2) is 5.69 Å². The van der Waals surface area contributed by atoms with Gasteiger partial charge >= 0.3 is 6.18 Å². The lowest BCUT2D eigenvalue weighted by Gasteiger charge is -2.08. The number of nitrogens with one attached hydrogen (secondary N) is 2. The van der Waals surface area contributed by atoms with Crippen LogP contribution in [-0.4, -0.2) is 10.2 Å². The fraction of sp³-hybridized carbons (Fsp3) is 0.0625. The van der Waals surface area contributed by atoms with Crippen molar-refractivity contribution in [1.82, 2.24) is 10.2 Å². The van der Waals surface area contributed by atoms with Crippen LogP contribution in [-0.2, 0) is 6.18 Å².